The number of hydrogen-bond donors (Lipinski definition) is 1. The summed E-state index contributed by atoms with van der Waals surface area (Å²) in [7, 11) is 2.22. The van der Waals surface area contributed by atoms with Gasteiger partial charge in [-0.25, -0.2) is 0 Å². The van der Waals surface area contributed by atoms with Crippen LogP contribution in [-0.2, 0) is 0 Å². The minimum atomic E-state index is 0.708. The summed E-state index contributed by atoms with van der Waals surface area (Å²) in [6, 6.07) is 0.708. The van der Waals surface area contributed by atoms with Gasteiger partial charge in [0.2, 0.25) is 0 Å². The van der Waals surface area contributed by atoms with E-state index in [-0.39, 0.29) is 0 Å². The summed E-state index contributed by atoms with van der Waals surface area (Å²) in [5.41, 5.74) is 0. The standard InChI is InChI=1S/C14H30N4/c1-14(18-6-3-4-7-18)13-15-5-8-17-11-9-16(2)10-12-17/h14-15H,3-13H2,1-2H3. The Balaban J connectivity index is 1.50. The molecule has 0 saturated carbocycles. The van der Waals surface area contributed by atoms with Crippen molar-refractivity contribution in [3.8, 4) is 0 Å². The van der Waals surface area contributed by atoms with Crippen molar-refractivity contribution in [3.63, 3.8) is 0 Å². The van der Waals surface area contributed by atoms with Crippen LogP contribution in [0.4, 0.5) is 0 Å². The summed E-state index contributed by atoms with van der Waals surface area (Å²) in [5.74, 6) is 0. The molecule has 2 heterocycles. The first-order valence-electron chi connectivity index (χ1n) is 7.61. The van der Waals surface area contributed by atoms with Crippen LogP contribution in [0.1, 0.15) is 19.8 Å². The highest BCUT2D eigenvalue weighted by Crippen LogP contribution is 2.10. The van der Waals surface area contributed by atoms with Gasteiger partial charge in [-0.2, -0.15) is 0 Å². The largest absolute Gasteiger partial charge is 0.314 e. The van der Waals surface area contributed by atoms with E-state index in [1.54, 1.807) is 0 Å². The highest BCUT2D eigenvalue weighted by Gasteiger charge is 2.17. The number of nitrogens with one attached hydrogen (secondary N) is 1. The number of likely N-dealkylation sites (tertiary alicyclic amines) is 1. The summed E-state index contributed by atoms with van der Waals surface area (Å²) in [6.45, 7) is 13.4. The van der Waals surface area contributed by atoms with Gasteiger partial charge in [0.15, 0.2) is 0 Å². The van der Waals surface area contributed by atoms with Gasteiger partial charge in [-0.3, -0.25) is 9.80 Å². The zero-order chi connectivity index (χ0) is 12.8. The average Bonchev–Trinajstić information content (AvgIpc) is 2.90. The SMILES string of the molecule is CC(CNCCN1CCN(C)CC1)N1CCCC1. The monoisotopic (exact) mass is 254 g/mol. The van der Waals surface area contributed by atoms with Crippen LogP contribution in [-0.4, -0.2) is 86.7 Å². The fourth-order valence-electron chi connectivity index (χ4n) is 2.93. The first-order chi connectivity index (χ1) is 8.75. The molecule has 1 N–H and O–H groups in total. The van der Waals surface area contributed by atoms with Crippen LogP contribution in [0.25, 0.3) is 0 Å². The first kappa shape index (κ1) is 14.3. The van der Waals surface area contributed by atoms with E-state index in [0.29, 0.717) is 6.04 Å². The van der Waals surface area contributed by atoms with Crippen LogP contribution < -0.4 is 5.32 Å². The van der Waals surface area contributed by atoms with Crippen molar-refractivity contribution in [2.75, 3.05) is 66.0 Å². The Hall–Kier alpha value is -0.160. The van der Waals surface area contributed by atoms with Crippen LogP contribution >= 0.6 is 0 Å². The normalized spacial score (nSPS) is 25.7. The van der Waals surface area contributed by atoms with Crippen molar-refractivity contribution in [2.24, 2.45) is 0 Å². The van der Waals surface area contributed by atoms with Gasteiger partial charge in [0.05, 0.1) is 0 Å². The smallest absolute Gasteiger partial charge is 0.0192 e. The van der Waals surface area contributed by atoms with E-state index in [2.05, 4.69) is 34.0 Å². The van der Waals surface area contributed by atoms with Crippen molar-refractivity contribution >= 4 is 0 Å². The first-order valence-corrected chi connectivity index (χ1v) is 7.61. The third kappa shape index (κ3) is 4.50. The molecule has 0 bridgehead atoms. The van der Waals surface area contributed by atoms with Crippen molar-refractivity contribution in [3.05, 3.63) is 0 Å². The summed E-state index contributed by atoms with van der Waals surface area (Å²) < 4.78 is 0. The molecule has 4 nitrogen and oxygen atoms in total. The molecule has 106 valence electrons. The maximum atomic E-state index is 3.62. The number of nitrogens with zero attached hydrogens (tertiary/aromatic N) is 3. The van der Waals surface area contributed by atoms with Crippen molar-refractivity contribution in [1.29, 1.82) is 0 Å². The van der Waals surface area contributed by atoms with E-state index >= 15 is 0 Å². The molecule has 0 aromatic rings. The Labute approximate surface area is 112 Å². The fraction of sp³-hybridized carbons (Fsp3) is 1.00. The molecule has 0 aromatic heterocycles. The van der Waals surface area contributed by atoms with Crippen LogP contribution in [0.2, 0.25) is 0 Å². The Morgan fingerprint density at radius 1 is 1.00 bits per heavy atom. The highest BCUT2D eigenvalue weighted by atomic mass is 15.3. The van der Waals surface area contributed by atoms with E-state index in [0.717, 1.165) is 13.1 Å². The lowest BCUT2D eigenvalue weighted by Crippen LogP contribution is -2.47. The van der Waals surface area contributed by atoms with Gasteiger partial charge in [-0.15, -0.1) is 0 Å². The van der Waals surface area contributed by atoms with Gasteiger partial charge in [0.25, 0.3) is 0 Å². The molecular weight excluding hydrogens is 224 g/mol. The highest BCUT2D eigenvalue weighted by molar-refractivity contribution is 4.75. The summed E-state index contributed by atoms with van der Waals surface area (Å²) in [4.78, 5) is 7.61. The van der Waals surface area contributed by atoms with Crippen LogP contribution in [0.3, 0.4) is 0 Å². The Morgan fingerprint density at radius 2 is 1.67 bits per heavy atom. The molecule has 1 unspecified atom stereocenters. The molecule has 2 saturated heterocycles. The summed E-state index contributed by atoms with van der Waals surface area (Å²) in [5, 5.41) is 3.62. The molecule has 4 heteroatoms. The number of likely N-dealkylation sites (N-methyl/N-ethyl adjacent to an activating group) is 1. The predicted molar refractivity (Wildman–Crippen MR) is 77.1 cm³/mol. The van der Waals surface area contributed by atoms with E-state index in [4.69, 9.17) is 0 Å². The van der Waals surface area contributed by atoms with Gasteiger partial charge in [0, 0.05) is 51.9 Å². The third-order valence-corrected chi connectivity index (χ3v) is 4.40. The number of rotatable bonds is 6. The molecular formula is C14H30N4. The Kier molecular flexibility index (Phi) is 5.89. The van der Waals surface area contributed by atoms with Gasteiger partial charge in [-0.1, -0.05) is 0 Å². The van der Waals surface area contributed by atoms with E-state index in [9.17, 15) is 0 Å². The molecule has 0 radical (unpaired) electrons. The molecule has 0 aromatic carbocycles. The molecule has 2 aliphatic rings. The Morgan fingerprint density at radius 3 is 2.33 bits per heavy atom. The minimum Gasteiger partial charge on any atom is -0.314 e. The minimum absolute atomic E-state index is 0.708. The summed E-state index contributed by atoms with van der Waals surface area (Å²) >= 11 is 0. The van der Waals surface area contributed by atoms with Gasteiger partial charge in [0.1, 0.15) is 0 Å². The second kappa shape index (κ2) is 7.43. The predicted octanol–water partition coefficient (Wildman–Crippen LogP) is 0.308. The zero-order valence-electron chi connectivity index (χ0n) is 12.2. The lowest BCUT2D eigenvalue weighted by molar-refractivity contribution is 0.153. The van der Waals surface area contributed by atoms with Gasteiger partial charge in [-0.05, 0) is 39.9 Å². The maximum Gasteiger partial charge on any atom is 0.0192 e. The topological polar surface area (TPSA) is 21.8 Å². The van der Waals surface area contributed by atoms with Crippen molar-refractivity contribution in [1.82, 2.24) is 20.0 Å². The fourth-order valence-corrected chi connectivity index (χ4v) is 2.93. The summed E-state index contributed by atoms with van der Waals surface area (Å²) in [6.07, 6.45) is 2.79. The lowest BCUT2D eigenvalue weighted by Gasteiger charge is -2.32. The van der Waals surface area contributed by atoms with Crippen LogP contribution in [0.15, 0.2) is 0 Å². The molecule has 1 atom stereocenters. The maximum absolute atomic E-state index is 3.62. The van der Waals surface area contributed by atoms with Crippen LogP contribution in [0.5, 0.6) is 0 Å². The van der Waals surface area contributed by atoms with E-state index in [1.807, 2.05) is 0 Å². The van der Waals surface area contributed by atoms with E-state index < -0.39 is 0 Å². The third-order valence-electron chi connectivity index (χ3n) is 4.40. The molecule has 18 heavy (non-hydrogen) atoms. The van der Waals surface area contributed by atoms with Gasteiger partial charge < -0.3 is 10.2 Å². The molecule has 0 aliphatic carbocycles. The molecule has 0 amide bonds. The van der Waals surface area contributed by atoms with E-state index in [1.165, 1.54) is 58.7 Å². The molecule has 0 spiro atoms. The quantitative estimate of drug-likeness (QED) is 0.689. The molecule has 2 fully saturated rings. The molecule has 2 aliphatic heterocycles. The number of hydrogen-bond acceptors (Lipinski definition) is 4. The zero-order valence-corrected chi connectivity index (χ0v) is 12.2. The number of piperazine rings is 1. The Bertz CT molecular complexity index is 220. The van der Waals surface area contributed by atoms with Crippen molar-refractivity contribution in [2.45, 2.75) is 25.8 Å². The molecule has 2 rings (SSSR count). The van der Waals surface area contributed by atoms with Gasteiger partial charge >= 0.3 is 0 Å². The second-order valence-corrected chi connectivity index (χ2v) is 5.94. The average molecular weight is 254 g/mol. The lowest BCUT2D eigenvalue weighted by atomic mass is 10.3. The second-order valence-electron chi connectivity index (χ2n) is 5.94. The van der Waals surface area contributed by atoms with Crippen LogP contribution in [0, 0.1) is 0 Å². The van der Waals surface area contributed by atoms with Crippen molar-refractivity contribution < 1.29 is 0 Å².